The van der Waals surface area contributed by atoms with E-state index < -0.39 is 5.91 Å². The third-order valence-corrected chi connectivity index (χ3v) is 7.04. The molecule has 182 valence electrons. The Morgan fingerprint density at radius 1 is 1.08 bits per heavy atom. The Hall–Kier alpha value is -4.24. The van der Waals surface area contributed by atoms with Gasteiger partial charge in [-0.3, -0.25) is 14.8 Å². The fourth-order valence-corrected chi connectivity index (χ4v) is 5.35. The predicted octanol–water partition coefficient (Wildman–Crippen LogP) is 3.66. The van der Waals surface area contributed by atoms with Crippen LogP contribution < -0.4 is 20.5 Å². The summed E-state index contributed by atoms with van der Waals surface area (Å²) in [6.07, 6.45) is 4.79. The number of ether oxygens (including phenoxy) is 1. The molecule has 1 saturated carbocycles. The lowest BCUT2D eigenvalue weighted by Gasteiger charge is -2.59. The minimum Gasteiger partial charge on any atom is -0.486 e. The fourth-order valence-electron chi connectivity index (χ4n) is 5.35. The van der Waals surface area contributed by atoms with E-state index in [2.05, 4.69) is 14.9 Å². The molecule has 2 fully saturated rings. The maximum Gasteiger partial charge on any atom is 0.277 e. The van der Waals surface area contributed by atoms with Crippen LogP contribution in [-0.4, -0.2) is 40.8 Å². The number of nitrogens with zero attached hydrogens (tertiary/aromatic N) is 3. The molecule has 2 aliphatic rings. The van der Waals surface area contributed by atoms with Crippen LogP contribution in [0, 0.1) is 11.3 Å². The average Bonchev–Trinajstić information content (AvgIpc) is 2.88. The fraction of sp³-hybridized carbons (Fsp3) is 0.259. The minimum atomic E-state index is -0.640. The number of carbonyl (C=O) groups is 1. The van der Waals surface area contributed by atoms with Gasteiger partial charge in [0, 0.05) is 36.5 Å². The molecule has 1 aliphatic carbocycles. The predicted molar refractivity (Wildman–Crippen MR) is 132 cm³/mol. The first-order chi connectivity index (χ1) is 17.5. The van der Waals surface area contributed by atoms with Crippen LogP contribution in [0.2, 0.25) is 0 Å². The summed E-state index contributed by atoms with van der Waals surface area (Å²) in [5, 5.41) is 9.22. The second kappa shape index (κ2) is 8.76. The van der Waals surface area contributed by atoms with Crippen LogP contribution in [0.3, 0.4) is 0 Å². The molecule has 2 aromatic carbocycles. The summed E-state index contributed by atoms with van der Waals surface area (Å²) >= 11 is 0. The van der Waals surface area contributed by atoms with Gasteiger partial charge in [-0.2, -0.15) is 0 Å². The first-order valence-corrected chi connectivity index (χ1v) is 11.8. The van der Waals surface area contributed by atoms with E-state index in [4.69, 9.17) is 14.4 Å². The van der Waals surface area contributed by atoms with Crippen molar-refractivity contribution in [3.63, 3.8) is 0 Å². The van der Waals surface area contributed by atoms with Crippen LogP contribution in [0.4, 0.5) is 5.95 Å². The number of para-hydroxylation sites is 1. The SMILES string of the molecule is O=C(NO)c1cnc(N2CC3(CC(COc4c(-c5ccccc5)oc5ccccc5c4=O)C3)C2)nc1. The molecule has 4 aromatic rings. The molecule has 9 nitrogen and oxygen atoms in total. The summed E-state index contributed by atoms with van der Waals surface area (Å²) in [4.78, 5) is 35.3. The molecular formula is C27H24N4O5. The number of rotatable bonds is 6. The third-order valence-electron chi connectivity index (χ3n) is 7.04. The van der Waals surface area contributed by atoms with Gasteiger partial charge in [0.1, 0.15) is 5.58 Å². The van der Waals surface area contributed by atoms with Gasteiger partial charge in [0.2, 0.25) is 17.1 Å². The van der Waals surface area contributed by atoms with E-state index in [9.17, 15) is 9.59 Å². The molecule has 9 heteroatoms. The zero-order valence-electron chi connectivity index (χ0n) is 19.4. The first kappa shape index (κ1) is 22.2. The van der Waals surface area contributed by atoms with Crippen molar-refractivity contribution in [1.82, 2.24) is 15.4 Å². The Balaban J connectivity index is 1.12. The van der Waals surface area contributed by atoms with E-state index in [1.165, 1.54) is 12.4 Å². The molecule has 0 bridgehead atoms. The number of benzene rings is 2. The lowest BCUT2D eigenvalue weighted by molar-refractivity contribution is -0.00188. The molecule has 0 atom stereocenters. The zero-order chi connectivity index (χ0) is 24.7. The molecule has 0 radical (unpaired) electrons. The van der Waals surface area contributed by atoms with Gasteiger partial charge in [-0.1, -0.05) is 42.5 Å². The Kier molecular flexibility index (Phi) is 5.41. The van der Waals surface area contributed by atoms with Gasteiger partial charge in [0.05, 0.1) is 17.6 Å². The molecular weight excluding hydrogens is 460 g/mol. The number of fused-ring (bicyclic) bond motifs is 1. The molecule has 6 rings (SSSR count). The highest BCUT2D eigenvalue weighted by atomic mass is 16.5. The van der Waals surface area contributed by atoms with E-state index in [0.717, 1.165) is 31.5 Å². The van der Waals surface area contributed by atoms with Crippen molar-refractivity contribution in [3.8, 4) is 17.1 Å². The number of amides is 1. The third kappa shape index (κ3) is 3.87. The highest BCUT2D eigenvalue weighted by Gasteiger charge is 2.53. The van der Waals surface area contributed by atoms with Crippen molar-refractivity contribution >= 4 is 22.8 Å². The van der Waals surface area contributed by atoms with Crippen LogP contribution in [0.5, 0.6) is 5.75 Å². The van der Waals surface area contributed by atoms with Crippen molar-refractivity contribution in [3.05, 3.63) is 82.8 Å². The molecule has 1 aliphatic heterocycles. The van der Waals surface area contributed by atoms with Crippen molar-refractivity contribution in [2.24, 2.45) is 11.3 Å². The van der Waals surface area contributed by atoms with Crippen LogP contribution in [0.15, 0.2) is 76.2 Å². The molecule has 3 heterocycles. The van der Waals surface area contributed by atoms with Crippen LogP contribution in [0.1, 0.15) is 23.2 Å². The highest BCUT2D eigenvalue weighted by Crippen LogP contribution is 2.52. The van der Waals surface area contributed by atoms with E-state index in [1.807, 2.05) is 42.5 Å². The standard InChI is InChI=1S/C27H24N4O5/c32-22-20-8-4-5-9-21(20)36-23(18-6-2-1-3-7-18)24(22)35-14-17-10-27(11-17)15-31(16-27)26-28-12-19(13-29-26)25(33)30-34/h1-9,12-13,17,34H,10-11,14-16H2,(H,30,33). The van der Waals surface area contributed by atoms with E-state index in [-0.39, 0.29) is 22.2 Å². The first-order valence-electron chi connectivity index (χ1n) is 11.8. The van der Waals surface area contributed by atoms with Gasteiger partial charge in [-0.25, -0.2) is 15.4 Å². The van der Waals surface area contributed by atoms with Crippen LogP contribution >= 0.6 is 0 Å². The van der Waals surface area contributed by atoms with Gasteiger partial charge in [0.15, 0.2) is 5.76 Å². The molecule has 0 unspecified atom stereocenters. The average molecular weight is 485 g/mol. The summed E-state index contributed by atoms with van der Waals surface area (Å²) < 4.78 is 12.3. The lowest BCUT2D eigenvalue weighted by atomic mass is 9.58. The summed E-state index contributed by atoms with van der Waals surface area (Å²) in [6, 6.07) is 16.8. The number of anilines is 1. The zero-order valence-corrected chi connectivity index (χ0v) is 19.4. The van der Waals surface area contributed by atoms with Crippen molar-refractivity contribution < 1.29 is 19.2 Å². The maximum atomic E-state index is 13.3. The Bertz CT molecular complexity index is 1470. The van der Waals surface area contributed by atoms with E-state index >= 15 is 0 Å². The largest absolute Gasteiger partial charge is 0.486 e. The summed E-state index contributed by atoms with van der Waals surface area (Å²) in [5.74, 6) is 0.990. The maximum absolute atomic E-state index is 13.3. The van der Waals surface area contributed by atoms with Crippen LogP contribution in [-0.2, 0) is 0 Å². The van der Waals surface area contributed by atoms with Crippen molar-refractivity contribution in [2.45, 2.75) is 12.8 Å². The quantitative estimate of drug-likeness (QED) is 0.315. The molecule has 1 spiro atoms. The smallest absolute Gasteiger partial charge is 0.277 e. The van der Waals surface area contributed by atoms with Gasteiger partial charge < -0.3 is 14.1 Å². The monoisotopic (exact) mass is 484 g/mol. The molecule has 1 saturated heterocycles. The van der Waals surface area contributed by atoms with Crippen molar-refractivity contribution in [2.75, 3.05) is 24.6 Å². The summed E-state index contributed by atoms with van der Waals surface area (Å²) in [5.41, 5.74) is 3.16. The van der Waals surface area contributed by atoms with E-state index in [0.29, 0.717) is 35.2 Å². The normalized spacial score (nSPS) is 16.4. The van der Waals surface area contributed by atoms with Gasteiger partial charge in [-0.15, -0.1) is 0 Å². The number of aromatic nitrogens is 2. The number of hydroxylamine groups is 1. The number of hydrogen-bond acceptors (Lipinski definition) is 8. The molecule has 2 N–H and O–H groups in total. The molecule has 1 amide bonds. The Morgan fingerprint density at radius 2 is 1.78 bits per heavy atom. The van der Waals surface area contributed by atoms with Gasteiger partial charge in [-0.05, 0) is 30.9 Å². The van der Waals surface area contributed by atoms with Crippen molar-refractivity contribution in [1.29, 1.82) is 0 Å². The number of hydrogen-bond donors (Lipinski definition) is 2. The Labute approximate surface area is 206 Å². The van der Waals surface area contributed by atoms with E-state index in [1.54, 1.807) is 17.6 Å². The second-order valence-corrected chi connectivity index (χ2v) is 9.61. The lowest BCUT2D eigenvalue weighted by Crippen LogP contribution is -2.63. The van der Waals surface area contributed by atoms with Crippen LogP contribution in [0.25, 0.3) is 22.3 Å². The van der Waals surface area contributed by atoms with Gasteiger partial charge >= 0.3 is 0 Å². The molecule has 2 aromatic heterocycles. The minimum absolute atomic E-state index is 0.157. The summed E-state index contributed by atoms with van der Waals surface area (Å²) in [6.45, 7) is 2.12. The number of nitrogens with one attached hydrogen (secondary N) is 1. The summed E-state index contributed by atoms with van der Waals surface area (Å²) in [7, 11) is 0. The van der Waals surface area contributed by atoms with Gasteiger partial charge in [0.25, 0.3) is 5.91 Å². The highest BCUT2D eigenvalue weighted by molar-refractivity contribution is 5.92. The topological polar surface area (TPSA) is 118 Å². The second-order valence-electron chi connectivity index (χ2n) is 9.61. The number of carbonyl (C=O) groups excluding carboxylic acids is 1. The molecule has 36 heavy (non-hydrogen) atoms. The Morgan fingerprint density at radius 3 is 2.50 bits per heavy atom.